The van der Waals surface area contributed by atoms with Crippen molar-refractivity contribution in [1.29, 1.82) is 0 Å². The Kier molecular flexibility index (Phi) is 3.74. The van der Waals surface area contributed by atoms with Crippen molar-refractivity contribution in [3.05, 3.63) is 36.0 Å². The molecule has 1 aromatic carbocycles. The van der Waals surface area contributed by atoms with Crippen LogP contribution in [0.4, 0.5) is 0 Å². The molecule has 0 saturated carbocycles. The summed E-state index contributed by atoms with van der Waals surface area (Å²) in [6.07, 6.45) is 5.66. The summed E-state index contributed by atoms with van der Waals surface area (Å²) in [5, 5.41) is 4.66. The molecule has 0 aliphatic carbocycles. The number of amides is 1. The molecule has 4 nitrogen and oxygen atoms in total. The average Bonchev–Trinajstić information content (AvgIpc) is 2.78. The first-order valence-electron chi connectivity index (χ1n) is 7.30. The molecular weight excluding hydrogens is 250 g/mol. The molecule has 3 N–H and O–H groups in total. The summed E-state index contributed by atoms with van der Waals surface area (Å²) in [6, 6.07) is 8.27. The van der Waals surface area contributed by atoms with Crippen LogP contribution < -0.4 is 11.1 Å². The van der Waals surface area contributed by atoms with Crippen LogP contribution in [0.2, 0.25) is 0 Å². The maximum atomic E-state index is 11.2. The van der Waals surface area contributed by atoms with Crippen molar-refractivity contribution in [3.8, 4) is 0 Å². The zero-order valence-corrected chi connectivity index (χ0v) is 11.6. The third-order valence-electron chi connectivity index (χ3n) is 4.16. The molecule has 1 amide bonds. The van der Waals surface area contributed by atoms with E-state index in [1.165, 1.54) is 23.8 Å². The maximum absolute atomic E-state index is 11.2. The highest BCUT2D eigenvalue weighted by Gasteiger charge is 2.17. The van der Waals surface area contributed by atoms with E-state index in [4.69, 9.17) is 5.73 Å². The number of carbonyl (C=O) groups is 1. The van der Waals surface area contributed by atoms with Crippen molar-refractivity contribution < 1.29 is 4.79 Å². The third kappa shape index (κ3) is 2.70. The number of benzene rings is 1. The number of rotatable bonds is 4. The molecule has 2 heterocycles. The second-order valence-corrected chi connectivity index (χ2v) is 5.66. The van der Waals surface area contributed by atoms with E-state index in [0.29, 0.717) is 0 Å². The first kappa shape index (κ1) is 13.2. The minimum Gasteiger partial charge on any atom is -0.368 e. The highest BCUT2D eigenvalue weighted by molar-refractivity contribution is 5.85. The molecule has 1 aliphatic heterocycles. The van der Waals surface area contributed by atoms with Gasteiger partial charge in [0.15, 0.2) is 0 Å². The summed E-state index contributed by atoms with van der Waals surface area (Å²) in [5.74, 6) is 0.447. The van der Waals surface area contributed by atoms with Gasteiger partial charge in [0.25, 0.3) is 0 Å². The van der Waals surface area contributed by atoms with E-state index < -0.39 is 0 Å². The van der Waals surface area contributed by atoms with Gasteiger partial charge in [-0.3, -0.25) is 4.79 Å². The van der Waals surface area contributed by atoms with Gasteiger partial charge in [0, 0.05) is 17.1 Å². The third-order valence-corrected chi connectivity index (χ3v) is 4.16. The molecule has 0 radical (unpaired) electrons. The summed E-state index contributed by atoms with van der Waals surface area (Å²) < 4.78 is 1.98. The van der Waals surface area contributed by atoms with Crippen molar-refractivity contribution in [2.75, 3.05) is 13.1 Å². The minimum atomic E-state index is -0.292. The van der Waals surface area contributed by atoms with E-state index in [-0.39, 0.29) is 12.5 Å². The van der Waals surface area contributed by atoms with Crippen LogP contribution in [0.1, 0.15) is 18.4 Å². The average molecular weight is 271 g/mol. The van der Waals surface area contributed by atoms with E-state index in [1.807, 2.05) is 10.6 Å². The van der Waals surface area contributed by atoms with Crippen LogP contribution in [0.25, 0.3) is 10.9 Å². The van der Waals surface area contributed by atoms with Crippen LogP contribution in [0.3, 0.4) is 0 Å². The molecule has 1 aliphatic rings. The number of primary amides is 1. The summed E-state index contributed by atoms with van der Waals surface area (Å²) in [6.45, 7) is 2.49. The molecule has 0 bridgehead atoms. The highest BCUT2D eigenvalue weighted by atomic mass is 16.1. The molecule has 1 fully saturated rings. The van der Waals surface area contributed by atoms with E-state index in [9.17, 15) is 4.79 Å². The fourth-order valence-electron chi connectivity index (χ4n) is 3.18. The van der Waals surface area contributed by atoms with Gasteiger partial charge in [-0.2, -0.15) is 0 Å². The smallest absolute Gasteiger partial charge is 0.237 e. The van der Waals surface area contributed by atoms with Gasteiger partial charge in [-0.1, -0.05) is 18.2 Å². The molecule has 3 rings (SSSR count). The lowest BCUT2D eigenvalue weighted by atomic mass is 9.91. The SMILES string of the molecule is NC(=O)Cn1cc(CC2CCNCC2)c2ccccc21. The molecule has 1 aromatic heterocycles. The fraction of sp³-hybridized carbons (Fsp3) is 0.438. The Morgan fingerprint density at radius 3 is 2.80 bits per heavy atom. The van der Waals surface area contributed by atoms with E-state index >= 15 is 0 Å². The molecule has 2 aromatic rings. The lowest BCUT2D eigenvalue weighted by molar-refractivity contribution is -0.118. The summed E-state index contributed by atoms with van der Waals surface area (Å²) >= 11 is 0. The standard InChI is InChI=1S/C16H21N3O/c17-16(20)11-19-10-13(9-12-5-7-18-8-6-12)14-3-1-2-4-15(14)19/h1-4,10,12,18H,5-9,11H2,(H2,17,20). The van der Waals surface area contributed by atoms with Gasteiger partial charge in [-0.25, -0.2) is 0 Å². The van der Waals surface area contributed by atoms with E-state index in [1.54, 1.807) is 0 Å². The molecule has 0 spiro atoms. The molecular formula is C16H21N3O. The normalized spacial score (nSPS) is 16.6. The number of hydrogen-bond donors (Lipinski definition) is 2. The number of hydrogen-bond acceptors (Lipinski definition) is 2. The second-order valence-electron chi connectivity index (χ2n) is 5.66. The monoisotopic (exact) mass is 271 g/mol. The Balaban J connectivity index is 1.91. The Morgan fingerprint density at radius 1 is 1.30 bits per heavy atom. The van der Waals surface area contributed by atoms with Crippen molar-refractivity contribution in [2.45, 2.75) is 25.8 Å². The highest BCUT2D eigenvalue weighted by Crippen LogP contribution is 2.26. The first-order valence-corrected chi connectivity index (χ1v) is 7.30. The zero-order chi connectivity index (χ0) is 13.9. The molecule has 20 heavy (non-hydrogen) atoms. The number of aromatic nitrogens is 1. The number of nitrogens with two attached hydrogens (primary N) is 1. The quantitative estimate of drug-likeness (QED) is 0.888. The van der Waals surface area contributed by atoms with Crippen molar-refractivity contribution in [3.63, 3.8) is 0 Å². The fourth-order valence-corrected chi connectivity index (χ4v) is 3.18. The first-order chi connectivity index (χ1) is 9.74. The van der Waals surface area contributed by atoms with Crippen molar-refractivity contribution in [2.24, 2.45) is 11.7 Å². The van der Waals surface area contributed by atoms with Crippen LogP contribution in [0, 0.1) is 5.92 Å². The van der Waals surface area contributed by atoms with E-state index in [0.717, 1.165) is 30.9 Å². The molecule has 1 saturated heterocycles. The lowest BCUT2D eigenvalue weighted by Crippen LogP contribution is -2.28. The summed E-state index contributed by atoms with van der Waals surface area (Å²) in [4.78, 5) is 11.2. The number of fused-ring (bicyclic) bond motifs is 1. The van der Waals surface area contributed by atoms with Crippen molar-refractivity contribution in [1.82, 2.24) is 9.88 Å². The predicted octanol–water partition coefficient (Wildman–Crippen LogP) is 1.67. The van der Waals surface area contributed by atoms with Gasteiger partial charge in [0.05, 0.1) is 0 Å². The van der Waals surface area contributed by atoms with Crippen LogP contribution in [0.15, 0.2) is 30.5 Å². The van der Waals surface area contributed by atoms with Gasteiger partial charge < -0.3 is 15.6 Å². The van der Waals surface area contributed by atoms with Gasteiger partial charge in [-0.15, -0.1) is 0 Å². The van der Waals surface area contributed by atoms with Crippen molar-refractivity contribution >= 4 is 16.8 Å². The predicted molar refractivity (Wildman–Crippen MR) is 80.4 cm³/mol. The van der Waals surface area contributed by atoms with E-state index in [2.05, 4.69) is 29.7 Å². The van der Waals surface area contributed by atoms with Gasteiger partial charge in [0.2, 0.25) is 5.91 Å². The Morgan fingerprint density at radius 2 is 2.05 bits per heavy atom. The van der Waals surface area contributed by atoms with Crippen LogP contribution >= 0.6 is 0 Å². The summed E-state index contributed by atoms with van der Waals surface area (Å²) in [5.41, 5.74) is 7.79. The van der Waals surface area contributed by atoms with Gasteiger partial charge in [-0.05, 0) is 49.9 Å². The topological polar surface area (TPSA) is 60.1 Å². The van der Waals surface area contributed by atoms with Crippen LogP contribution in [0.5, 0.6) is 0 Å². The molecule has 0 unspecified atom stereocenters. The maximum Gasteiger partial charge on any atom is 0.237 e. The lowest BCUT2D eigenvalue weighted by Gasteiger charge is -2.22. The van der Waals surface area contributed by atoms with Crippen LogP contribution in [-0.4, -0.2) is 23.6 Å². The molecule has 4 heteroatoms. The Hall–Kier alpha value is -1.81. The number of piperidine rings is 1. The number of nitrogens with zero attached hydrogens (tertiary/aromatic N) is 1. The molecule has 0 atom stereocenters. The minimum absolute atomic E-state index is 0.257. The van der Waals surface area contributed by atoms with Gasteiger partial charge >= 0.3 is 0 Å². The van der Waals surface area contributed by atoms with Gasteiger partial charge in [0.1, 0.15) is 6.54 Å². The second kappa shape index (κ2) is 5.67. The van der Waals surface area contributed by atoms with Crippen LogP contribution in [-0.2, 0) is 17.8 Å². The Bertz CT molecular complexity index is 611. The largest absolute Gasteiger partial charge is 0.368 e. The number of para-hydroxylation sites is 1. The Labute approximate surface area is 118 Å². The number of nitrogens with one attached hydrogen (secondary N) is 1. The number of carbonyl (C=O) groups excluding carboxylic acids is 1. The summed E-state index contributed by atoms with van der Waals surface area (Å²) in [7, 11) is 0. The molecule has 106 valence electrons. The zero-order valence-electron chi connectivity index (χ0n) is 11.6.